The van der Waals surface area contributed by atoms with E-state index in [0.29, 0.717) is 11.6 Å². The molecule has 3 rings (SSSR count). The molecular formula is C15H16N4O. The Hall–Kier alpha value is -2.56. The minimum Gasteiger partial charge on any atom is -0.463 e. The molecule has 5 heteroatoms. The molecule has 0 aliphatic carbocycles. The molecule has 3 aromatic rings. The summed E-state index contributed by atoms with van der Waals surface area (Å²) < 4.78 is 7.13. The SMILES string of the molecule is CCCc1c(-c2ccco2)nn(-c2ccccn2)c1N. The summed E-state index contributed by atoms with van der Waals surface area (Å²) >= 11 is 0. The molecule has 0 fully saturated rings. The van der Waals surface area contributed by atoms with Crippen LogP contribution in [0.5, 0.6) is 0 Å². The van der Waals surface area contributed by atoms with E-state index in [1.807, 2.05) is 30.3 Å². The first-order valence-corrected chi connectivity index (χ1v) is 6.64. The summed E-state index contributed by atoms with van der Waals surface area (Å²) in [4.78, 5) is 4.30. The lowest BCUT2D eigenvalue weighted by atomic mass is 10.1. The maximum absolute atomic E-state index is 6.25. The molecule has 0 aliphatic rings. The molecular weight excluding hydrogens is 252 g/mol. The average molecular weight is 268 g/mol. The molecule has 0 aromatic carbocycles. The van der Waals surface area contributed by atoms with E-state index in [0.717, 1.165) is 29.9 Å². The van der Waals surface area contributed by atoms with Gasteiger partial charge in [0.1, 0.15) is 11.5 Å². The number of nitrogen functional groups attached to an aromatic ring is 1. The second kappa shape index (κ2) is 5.21. The molecule has 0 aliphatic heterocycles. The van der Waals surface area contributed by atoms with E-state index < -0.39 is 0 Å². The van der Waals surface area contributed by atoms with Crippen LogP contribution in [0, 0.1) is 0 Å². The van der Waals surface area contributed by atoms with Crippen molar-refractivity contribution in [2.75, 3.05) is 5.73 Å². The number of hydrogen-bond donors (Lipinski definition) is 1. The Bertz CT molecular complexity index is 686. The minimum absolute atomic E-state index is 0.622. The molecule has 0 unspecified atom stereocenters. The Morgan fingerprint density at radius 1 is 1.25 bits per heavy atom. The Kier molecular flexibility index (Phi) is 3.25. The Morgan fingerprint density at radius 2 is 2.15 bits per heavy atom. The Balaban J connectivity index is 2.16. The van der Waals surface area contributed by atoms with Crippen LogP contribution in [-0.4, -0.2) is 14.8 Å². The van der Waals surface area contributed by atoms with Crippen molar-refractivity contribution in [3.63, 3.8) is 0 Å². The molecule has 102 valence electrons. The summed E-state index contributed by atoms with van der Waals surface area (Å²) in [7, 11) is 0. The molecule has 0 amide bonds. The van der Waals surface area contributed by atoms with E-state index >= 15 is 0 Å². The number of nitrogens with zero attached hydrogens (tertiary/aromatic N) is 3. The molecule has 5 nitrogen and oxygen atoms in total. The van der Waals surface area contributed by atoms with Crippen LogP contribution in [0.4, 0.5) is 5.82 Å². The predicted octanol–water partition coefficient (Wildman–Crippen LogP) is 3.06. The van der Waals surface area contributed by atoms with Crippen LogP contribution >= 0.6 is 0 Å². The third kappa shape index (κ3) is 2.07. The highest BCUT2D eigenvalue weighted by Crippen LogP contribution is 2.30. The topological polar surface area (TPSA) is 69.9 Å². The van der Waals surface area contributed by atoms with E-state index in [-0.39, 0.29) is 0 Å². The summed E-state index contributed by atoms with van der Waals surface area (Å²) in [6.07, 6.45) is 5.21. The van der Waals surface area contributed by atoms with Gasteiger partial charge in [-0.15, -0.1) is 0 Å². The number of aromatic nitrogens is 3. The van der Waals surface area contributed by atoms with Crippen LogP contribution in [0.25, 0.3) is 17.3 Å². The van der Waals surface area contributed by atoms with Gasteiger partial charge in [-0.3, -0.25) is 0 Å². The number of hydrogen-bond acceptors (Lipinski definition) is 4. The lowest BCUT2D eigenvalue weighted by Crippen LogP contribution is -2.04. The summed E-state index contributed by atoms with van der Waals surface area (Å²) in [5, 5.41) is 4.58. The van der Waals surface area contributed by atoms with Crippen molar-refractivity contribution in [1.82, 2.24) is 14.8 Å². The van der Waals surface area contributed by atoms with E-state index in [2.05, 4.69) is 17.0 Å². The zero-order valence-electron chi connectivity index (χ0n) is 11.3. The van der Waals surface area contributed by atoms with Crippen LogP contribution in [0.3, 0.4) is 0 Å². The molecule has 0 spiro atoms. The normalized spacial score (nSPS) is 10.8. The molecule has 3 heterocycles. The number of pyridine rings is 1. The number of furan rings is 1. The van der Waals surface area contributed by atoms with E-state index in [1.165, 1.54) is 0 Å². The first-order valence-electron chi connectivity index (χ1n) is 6.64. The van der Waals surface area contributed by atoms with Crippen LogP contribution in [0.2, 0.25) is 0 Å². The highest BCUT2D eigenvalue weighted by molar-refractivity contribution is 5.65. The van der Waals surface area contributed by atoms with Gasteiger partial charge in [-0.2, -0.15) is 9.78 Å². The fourth-order valence-electron chi connectivity index (χ4n) is 2.22. The average Bonchev–Trinajstić information content (AvgIpc) is 3.10. The van der Waals surface area contributed by atoms with Gasteiger partial charge in [-0.05, 0) is 30.7 Å². The van der Waals surface area contributed by atoms with Gasteiger partial charge in [0.15, 0.2) is 11.6 Å². The van der Waals surface area contributed by atoms with Gasteiger partial charge in [0, 0.05) is 11.8 Å². The van der Waals surface area contributed by atoms with Gasteiger partial charge in [0.25, 0.3) is 0 Å². The van der Waals surface area contributed by atoms with Gasteiger partial charge >= 0.3 is 0 Å². The van der Waals surface area contributed by atoms with E-state index in [9.17, 15) is 0 Å². The molecule has 0 saturated heterocycles. The van der Waals surface area contributed by atoms with Gasteiger partial charge in [0.2, 0.25) is 0 Å². The molecule has 3 aromatic heterocycles. The van der Waals surface area contributed by atoms with Crippen molar-refractivity contribution in [2.45, 2.75) is 19.8 Å². The molecule has 0 radical (unpaired) electrons. The third-order valence-electron chi connectivity index (χ3n) is 3.14. The van der Waals surface area contributed by atoms with Crippen molar-refractivity contribution < 1.29 is 4.42 Å². The molecule has 0 atom stereocenters. The summed E-state index contributed by atoms with van der Waals surface area (Å²) in [6, 6.07) is 9.40. The van der Waals surface area contributed by atoms with Crippen LogP contribution in [0.1, 0.15) is 18.9 Å². The number of rotatable bonds is 4. The number of nitrogens with two attached hydrogens (primary N) is 1. The number of anilines is 1. The fraction of sp³-hybridized carbons (Fsp3) is 0.200. The van der Waals surface area contributed by atoms with Gasteiger partial charge < -0.3 is 10.2 Å². The van der Waals surface area contributed by atoms with Crippen molar-refractivity contribution in [2.24, 2.45) is 0 Å². The summed E-state index contributed by atoms with van der Waals surface area (Å²) in [5.74, 6) is 2.06. The maximum Gasteiger partial charge on any atom is 0.155 e. The molecule has 2 N–H and O–H groups in total. The summed E-state index contributed by atoms with van der Waals surface area (Å²) in [6.45, 7) is 2.11. The van der Waals surface area contributed by atoms with E-state index in [4.69, 9.17) is 10.2 Å². The Labute approximate surface area is 117 Å². The van der Waals surface area contributed by atoms with Gasteiger partial charge in [0.05, 0.1) is 6.26 Å². The minimum atomic E-state index is 0.622. The molecule has 0 bridgehead atoms. The highest BCUT2D eigenvalue weighted by Gasteiger charge is 2.19. The highest BCUT2D eigenvalue weighted by atomic mass is 16.3. The second-order valence-corrected chi connectivity index (χ2v) is 4.54. The Morgan fingerprint density at radius 3 is 2.80 bits per heavy atom. The van der Waals surface area contributed by atoms with Crippen LogP contribution in [-0.2, 0) is 6.42 Å². The van der Waals surface area contributed by atoms with Crippen LogP contribution in [0.15, 0.2) is 47.2 Å². The van der Waals surface area contributed by atoms with Crippen molar-refractivity contribution >= 4 is 5.82 Å². The lowest BCUT2D eigenvalue weighted by molar-refractivity contribution is 0.578. The van der Waals surface area contributed by atoms with Crippen molar-refractivity contribution in [3.8, 4) is 17.3 Å². The van der Waals surface area contributed by atoms with Gasteiger partial charge in [-0.1, -0.05) is 19.4 Å². The first kappa shape index (κ1) is 12.5. The smallest absolute Gasteiger partial charge is 0.155 e. The quantitative estimate of drug-likeness (QED) is 0.789. The van der Waals surface area contributed by atoms with Gasteiger partial charge in [-0.25, -0.2) is 4.98 Å². The van der Waals surface area contributed by atoms with E-state index in [1.54, 1.807) is 17.1 Å². The zero-order valence-corrected chi connectivity index (χ0v) is 11.3. The van der Waals surface area contributed by atoms with Crippen molar-refractivity contribution in [1.29, 1.82) is 0 Å². The monoisotopic (exact) mass is 268 g/mol. The standard InChI is InChI=1S/C15H16N4O/c1-2-6-11-14(12-7-5-10-20-12)18-19(15(11)16)13-8-3-4-9-17-13/h3-5,7-10H,2,6,16H2,1H3. The largest absolute Gasteiger partial charge is 0.463 e. The zero-order chi connectivity index (χ0) is 13.9. The molecule has 20 heavy (non-hydrogen) atoms. The maximum atomic E-state index is 6.25. The summed E-state index contributed by atoms with van der Waals surface area (Å²) in [5.41, 5.74) is 8.05. The van der Waals surface area contributed by atoms with Crippen LogP contribution < -0.4 is 5.73 Å². The molecule has 0 saturated carbocycles. The first-order chi connectivity index (χ1) is 9.81. The van der Waals surface area contributed by atoms with Crippen molar-refractivity contribution in [3.05, 3.63) is 48.4 Å². The fourth-order valence-corrected chi connectivity index (χ4v) is 2.22. The predicted molar refractivity (Wildman–Crippen MR) is 77.5 cm³/mol. The second-order valence-electron chi connectivity index (χ2n) is 4.54. The lowest BCUT2D eigenvalue weighted by Gasteiger charge is -2.02. The third-order valence-corrected chi connectivity index (χ3v) is 3.14.